The van der Waals surface area contributed by atoms with E-state index in [0.29, 0.717) is 5.75 Å². The summed E-state index contributed by atoms with van der Waals surface area (Å²) >= 11 is 0. The topological polar surface area (TPSA) is 72.2 Å². The second-order valence-corrected chi connectivity index (χ2v) is 4.42. The molecule has 2 unspecified atom stereocenters. The highest BCUT2D eigenvalue weighted by Crippen LogP contribution is 1.86. The summed E-state index contributed by atoms with van der Waals surface area (Å²) in [4.78, 5) is 11.0. The third kappa shape index (κ3) is 5.26. The Morgan fingerprint density at radius 3 is 2.42 bits per heavy atom. The van der Waals surface area contributed by atoms with Gasteiger partial charge in [-0.05, 0) is 13.8 Å². The molecule has 0 heterocycles. The predicted octanol–water partition coefficient (Wildman–Crippen LogP) is -0.783. The molecule has 0 fully saturated rings. The van der Waals surface area contributed by atoms with Crippen molar-refractivity contribution in [2.75, 3.05) is 12.0 Å². The maximum atomic E-state index is 11.0. The van der Waals surface area contributed by atoms with Crippen molar-refractivity contribution in [3.8, 4) is 0 Å². The van der Waals surface area contributed by atoms with E-state index in [1.54, 1.807) is 13.2 Å². The minimum Gasteiger partial charge on any atom is -0.351 e. The summed E-state index contributed by atoms with van der Waals surface area (Å²) in [6, 6.07) is -0.577. The van der Waals surface area contributed by atoms with Crippen LogP contribution < -0.4 is 11.1 Å². The van der Waals surface area contributed by atoms with E-state index < -0.39 is 16.8 Å². The van der Waals surface area contributed by atoms with Gasteiger partial charge in [0.2, 0.25) is 5.91 Å². The molecule has 0 saturated heterocycles. The maximum Gasteiger partial charge on any atom is 0.236 e. The van der Waals surface area contributed by atoms with E-state index in [-0.39, 0.29) is 11.9 Å². The van der Waals surface area contributed by atoms with Crippen LogP contribution in [-0.2, 0) is 15.6 Å². The predicted molar refractivity (Wildman–Crippen MR) is 50.2 cm³/mol. The van der Waals surface area contributed by atoms with E-state index in [0.717, 1.165) is 0 Å². The van der Waals surface area contributed by atoms with Crippen molar-refractivity contribution < 1.29 is 9.00 Å². The smallest absolute Gasteiger partial charge is 0.236 e. The molecule has 0 aliphatic rings. The van der Waals surface area contributed by atoms with E-state index >= 15 is 0 Å². The van der Waals surface area contributed by atoms with E-state index in [2.05, 4.69) is 5.32 Å². The maximum absolute atomic E-state index is 11.0. The molecule has 0 aliphatic carbocycles. The van der Waals surface area contributed by atoms with Crippen LogP contribution in [0.3, 0.4) is 0 Å². The van der Waals surface area contributed by atoms with Gasteiger partial charge in [-0.25, -0.2) is 0 Å². The van der Waals surface area contributed by atoms with Crippen LogP contribution in [-0.4, -0.2) is 34.2 Å². The second kappa shape index (κ2) is 5.27. The molecule has 1 amide bonds. The molecule has 0 spiro atoms. The van der Waals surface area contributed by atoms with Gasteiger partial charge in [0.15, 0.2) is 0 Å². The molecule has 0 radical (unpaired) electrons. The number of nitrogens with two attached hydrogens (primary N) is 1. The highest BCUT2D eigenvalue weighted by atomic mass is 32.2. The summed E-state index contributed by atoms with van der Waals surface area (Å²) in [5, 5.41) is 2.65. The van der Waals surface area contributed by atoms with E-state index in [1.807, 2.05) is 6.92 Å². The van der Waals surface area contributed by atoms with Crippen molar-refractivity contribution in [1.82, 2.24) is 5.32 Å². The van der Waals surface area contributed by atoms with Gasteiger partial charge < -0.3 is 11.1 Å². The minimum atomic E-state index is -0.881. The highest BCUT2D eigenvalue weighted by Gasteiger charge is 2.11. The summed E-state index contributed by atoms with van der Waals surface area (Å²) in [6.45, 7) is 3.42. The molecule has 0 aromatic heterocycles. The number of amides is 1. The van der Waals surface area contributed by atoms with Gasteiger partial charge in [-0.15, -0.1) is 0 Å². The molecule has 12 heavy (non-hydrogen) atoms. The van der Waals surface area contributed by atoms with Crippen molar-refractivity contribution in [2.24, 2.45) is 5.73 Å². The Kier molecular flexibility index (Phi) is 5.08. The number of carbonyl (C=O) groups is 1. The molecule has 72 valence electrons. The SMILES string of the molecule is CC(CS(C)=O)NC(=O)[C@H](C)N. The van der Waals surface area contributed by atoms with Crippen LogP contribution in [0.4, 0.5) is 0 Å². The normalized spacial score (nSPS) is 18.0. The van der Waals surface area contributed by atoms with E-state index in [4.69, 9.17) is 5.73 Å². The Morgan fingerprint density at radius 1 is 1.58 bits per heavy atom. The van der Waals surface area contributed by atoms with Crippen LogP contribution in [0, 0.1) is 0 Å². The fraction of sp³-hybridized carbons (Fsp3) is 0.857. The Bertz CT molecular complexity index is 182. The zero-order valence-electron chi connectivity index (χ0n) is 7.66. The second-order valence-electron chi connectivity index (χ2n) is 2.94. The summed E-state index contributed by atoms with van der Waals surface area (Å²) < 4.78 is 10.7. The third-order valence-electron chi connectivity index (χ3n) is 1.29. The van der Waals surface area contributed by atoms with Gasteiger partial charge >= 0.3 is 0 Å². The summed E-state index contributed by atoms with van der Waals surface area (Å²) in [5.41, 5.74) is 5.33. The Morgan fingerprint density at radius 2 is 2.08 bits per heavy atom. The van der Waals surface area contributed by atoms with Gasteiger partial charge in [-0.3, -0.25) is 9.00 Å². The lowest BCUT2D eigenvalue weighted by atomic mass is 10.3. The van der Waals surface area contributed by atoms with Gasteiger partial charge in [-0.2, -0.15) is 0 Å². The molecule has 0 aliphatic heterocycles. The fourth-order valence-corrected chi connectivity index (χ4v) is 1.56. The molecule has 0 aromatic carbocycles. The van der Waals surface area contributed by atoms with E-state index in [9.17, 15) is 9.00 Å². The first kappa shape index (κ1) is 11.6. The molecule has 0 saturated carbocycles. The Balaban J connectivity index is 3.76. The average molecular weight is 192 g/mol. The van der Waals surface area contributed by atoms with Crippen LogP contribution in [0.15, 0.2) is 0 Å². The molecule has 0 aromatic rings. The molecular formula is C7H16N2O2S. The lowest BCUT2D eigenvalue weighted by Crippen LogP contribution is -2.44. The van der Waals surface area contributed by atoms with Crippen LogP contribution in [0.1, 0.15) is 13.8 Å². The van der Waals surface area contributed by atoms with Gasteiger partial charge in [0.05, 0.1) is 6.04 Å². The first-order valence-electron chi connectivity index (χ1n) is 3.79. The van der Waals surface area contributed by atoms with Crippen molar-refractivity contribution in [3.63, 3.8) is 0 Å². The lowest BCUT2D eigenvalue weighted by molar-refractivity contribution is -0.122. The number of hydrogen-bond donors (Lipinski definition) is 2. The Hall–Kier alpha value is -0.420. The van der Waals surface area contributed by atoms with Gasteiger partial charge in [0.25, 0.3) is 0 Å². The summed E-state index contributed by atoms with van der Waals surface area (Å²) in [6.07, 6.45) is 1.61. The summed E-state index contributed by atoms with van der Waals surface area (Å²) in [5.74, 6) is 0.270. The molecule has 0 rings (SSSR count). The minimum absolute atomic E-state index is 0.0747. The zero-order chi connectivity index (χ0) is 9.72. The molecular weight excluding hydrogens is 176 g/mol. The quantitative estimate of drug-likeness (QED) is 0.613. The molecule has 3 atom stereocenters. The first-order valence-corrected chi connectivity index (χ1v) is 5.52. The zero-order valence-corrected chi connectivity index (χ0v) is 8.48. The van der Waals surface area contributed by atoms with E-state index in [1.165, 1.54) is 0 Å². The van der Waals surface area contributed by atoms with Crippen LogP contribution >= 0.6 is 0 Å². The van der Waals surface area contributed by atoms with Crippen molar-refractivity contribution in [2.45, 2.75) is 25.9 Å². The fourth-order valence-electron chi connectivity index (χ4n) is 0.768. The van der Waals surface area contributed by atoms with Crippen molar-refractivity contribution in [1.29, 1.82) is 0 Å². The number of nitrogens with one attached hydrogen (secondary N) is 1. The molecule has 3 N–H and O–H groups in total. The van der Waals surface area contributed by atoms with Crippen LogP contribution in [0.25, 0.3) is 0 Å². The third-order valence-corrected chi connectivity index (χ3v) is 2.26. The molecule has 5 heteroatoms. The van der Waals surface area contributed by atoms with Crippen LogP contribution in [0.5, 0.6) is 0 Å². The van der Waals surface area contributed by atoms with Crippen LogP contribution in [0.2, 0.25) is 0 Å². The lowest BCUT2D eigenvalue weighted by Gasteiger charge is -2.13. The number of rotatable bonds is 4. The molecule has 4 nitrogen and oxygen atoms in total. The summed E-state index contributed by atoms with van der Waals surface area (Å²) in [7, 11) is -0.881. The number of carbonyl (C=O) groups excluding carboxylic acids is 1. The first-order chi connectivity index (χ1) is 5.43. The molecule has 0 bridgehead atoms. The standard InChI is InChI=1S/C7H16N2O2S/c1-5(4-12(3)11)9-7(10)6(2)8/h5-6H,4,8H2,1-3H3,(H,9,10)/t5?,6-,12?/m0/s1. The highest BCUT2D eigenvalue weighted by molar-refractivity contribution is 7.84. The van der Waals surface area contributed by atoms with Crippen molar-refractivity contribution in [3.05, 3.63) is 0 Å². The van der Waals surface area contributed by atoms with Gasteiger partial charge in [-0.1, -0.05) is 0 Å². The van der Waals surface area contributed by atoms with Crippen molar-refractivity contribution >= 4 is 16.7 Å². The van der Waals surface area contributed by atoms with Gasteiger partial charge in [0.1, 0.15) is 0 Å². The van der Waals surface area contributed by atoms with Gasteiger partial charge in [0, 0.05) is 28.9 Å². The largest absolute Gasteiger partial charge is 0.351 e. The monoisotopic (exact) mass is 192 g/mol. The average Bonchev–Trinajstić information content (AvgIpc) is 1.84. The number of hydrogen-bond acceptors (Lipinski definition) is 3. The Labute approximate surface area is 75.4 Å².